The fourth-order valence-corrected chi connectivity index (χ4v) is 1.43. The zero-order chi connectivity index (χ0) is 9.19. The molecular formula is C8H9NO3. The van der Waals surface area contributed by atoms with E-state index in [2.05, 4.69) is 0 Å². The summed E-state index contributed by atoms with van der Waals surface area (Å²) < 4.78 is 0. The number of rotatable bonds is 1. The fourth-order valence-electron chi connectivity index (χ4n) is 1.43. The van der Waals surface area contributed by atoms with Gasteiger partial charge in [-0.05, 0) is 12.8 Å². The second kappa shape index (κ2) is 2.94. The van der Waals surface area contributed by atoms with Crippen LogP contribution in [0, 0.1) is 16.7 Å². The van der Waals surface area contributed by atoms with Crippen molar-refractivity contribution >= 4 is 11.8 Å². The zero-order valence-electron chi connectivity index (χ0n) is 6.54. The van der Waals surface area contributed by atoms with Crippen LogP contribution in [0.5, 0.6) is 0 Å². The Balaban J connectivity index is 2.87. The molecule has 0 bridgehead atoms. The van der Waals surface area contributed by atoms with E-state index in [1.165, 1.54) is 0 Å². The summed E-state index contributed by atoms with van der Waals surface area (Å²) in [6.45, 7) is 0. The van der Waals surface area contributed by atoms with Crippen LogP contribution in [0.15, 0.2) is 0 Å². The fraction of sp³-hybridized carbons (Fsp3) is 0.625. The number of carbonyl (C=O) groups is 2. The molecule has 1 saturated carbocycles. The second-order valence-electron chi connectivity index (χ2n) is 3.07. The Kier molecular flexibility index (Phi) is 2.13. The van der Waals surface area contributed by atoms with Gasteiger partial charge in [-0.1, -0.05) is 0 Å². The number of carboxylic acid groups (broad SMARTS) is 1. The Morgan fingerprint density at radius 3 is 2.67 bits per heavy atom. The van der Waals surface area contributed by atoms with Crippen molar-refractivity contribution in [2.24, 2.45) is 5.41 Å². The number of hydrogen-bond donors (Lipinski definition) is 1. The summed E-state index contributed by atoms with van der Waals surface area (Å²) in [5.74, 6) is -1.29. The molecule has 1 unspecified atom stereocenters. The molecule has 0 aromatic carbocycles. The Hall–Kier alpha value is -1.37. The predicted octanol–water partition coefficient (Wildman–Crippen LogP) is 0.724. The molecule has 1 aliphatic carbocycles. The predicted molar refractivity (Wildman–Crippen MR) is 39.2 cm³/mol. The monoisotopic (exact) mass is 167 g/mol. The summed E-state index contributed by atoms with van der Waals surface area (Å²) in [6.07, 6.45) is 1.10. The molecule has 1 aliphatic rings. The standard InChI is InChI=1S/C8H9NO3/c9-5-8(7(11)12)3-1-2-6(10)4-8/h1-4H2,(H,11,12). The van der Waals surface area contributed by atoms with Gasteiger partial charge in [-0.2, -0.15) is 5.26 Å². The maximum atomic E-state index is 10.9. The van der Waals surface area contributed by atoms with Crippen LogP contribution >= 0.6 is 0 Å². The average Bonchev–Trinajstić information content (AvgIpc) is 2.04. The van der Waals surface area contributed by atoms with E-state index in [1.54, 1.807) is 6.07 Å². The van der Waals surface area contributed by atoms with Crippen molar-refractivity contribution in [3.8, 4) is 6.07 Å². The van der Waals surface area contributed by atoms with Crippen LogP contribution < -0.4 is 0 Å². The van der Waals surface area contributed by atoms with E-state index in [0.29, 0.717) is 19.3 Å². The third kappa shape index (κ3) is 1.30. The van der Waals surface area contributed by atoms with Crippen molar-refractivity contribution in [2.45, 2.75) is 25.7 Å². The Morgan fingerprint density at radius 2 is 2.33 bits per heavy atom. The van der Waals surface area contributed by atoms with Gasteiger partial charge in [0, 0.05) is 12.8 Å². The smallest absolute Gasteiger partial charge is 0.324 e. The number of aliphatic carboxylic acids is 1. The summed E-state index contributed by atoms with van der Waals surface area (Å²) in [4.78, 5) is 21.6. The first-order chi connectivity index (χ1) is 5.60. The number of carboxylic acids is 1. The number of carbonyl (C=O) groups excluding carboxylic acids is 1. The molecule has 0 aromatic heterocycles. The number of nitriles is 1. The van der Waals surface area contributed by atoms with Gasteiger partial charge in [-0.15, -0.1) is 0 Å². The van der Waals surface area contributed by atoms with Crippen LogP contribution in [0.2, 0.25) is 0 Å². The highest BCUT2D eigenvalue weighted by Crippen LogP contribution is 2.33. The van der Waals surface area contributed by atoms with E-state index >= 15 is 0 Å². The average molecular weight is 167 g/mol. The highest BCUT2D eigenvalue weighted by atomic mass is 16.4. The third-order valence-corrected chi connectivity index (χ3v) is 2.18. The molecule has 4 heteroatoms. The first kappa shape index (κ1) is 8.72. The molecule has 0 amide bonds. The lowest BCUT2D eigenvalue weighted by molar-refractivity contribution is -0.149. The van der Waals surface area contributed by atoms with Crippen LogP contribution in [0.25, 0.3) is 0 Å². The van der Waals surface area contributed by atoms with Crippen LogP contribution in [0.3, 0.4) is 0 Å². The molecule has 0 saturated heterocycles. The van der Waals surface area contributed by atoms with Crippen molar-refractivity contribution in [1.29, 1.82) is 5.26 Å². The minimum atomic E-state index is -1.44. The lowest BCUT2D eigenvalue weighted by Crippen LogP contribution is -2.35. The minimum absolute atomic E-state index is 0.120. The lowest BCUT2D eigenvalue weighted by atomic mass is 9.75. The van der Waals surface area contributed by atoms with Gasteiger partial charge in [0.05, 0.1) is 6.07 Å². The first-order valence-electron chi connectivity index (χ1n) is 3.77. The number of nitrogens with zero attached hydrogens (tertiary/aromatic N) is 1. The van der Waals surface area contributed by atoms with E-state index in [9.17, 15) is 9.59 Å². The number of hydrogen-bond acceptors (Lipinski definition) is 3. The Morgan fingerprint density at radius 1 is 1.67 bits per heavy atom. The lowest BCUT2D eigenvalue weighted by Gasteiger charge is -2.24. The van der Waals surface area contributed by atoms with Gasteiger partial charge in [0.2, 0.25) is 0 Å². The summed E-state index contributed by atoms with van der Waals surface area (Å²) in [5, 5.41) is 17.4. The van der Waals surface area contributed by atoms with Crippen LogP contribution in [-0.4, -0.2) is 16.9 Å². The zero-order valence-corrected chi connectivity index (χ0v) is 6.54. The third-order valence-electron chi connectivity index (χ3n) is 2.18. The molecule has 0 spiro atoms. The molecule has 4 nitrogen and oxygen atoms in total. The molecule has 0 aromatic rings. The molecule has 12 heavy (non-hydrogen) atoms. The molecule has 1 fully saturated rings. The second-order valence-corrected chi connectivity index (χ2v) is 3.07. The summed E-state index contributed by atoms with van der Waals surface area (Å²) in [7, 11) is 0. The van der Waals surface area contributed by atoms with Crippen molar-refractivity contribution in [3.05, 3.63) is 0 Å². The van der Waals surface area contributed by atoms with E-state index in [1.807, 2.05) is 0 Å². The quantitative estimate of drug-likeness (QED) is 0.624. The van der Waals surface area contributed by atoms with E-state index in [0.717, 1.165) is 0 Å². The topological polar surface area (TPSA) is 78.2 Å². The van der Waals surface area contributed by atoms with Gasteiger partial charge in [0.15, 0.2) is 5.41 Å². The van der Waals surface area contributed by atoms with Crippen LogP contribution in [0.1, 0.15) is 25.7 Å². The Bertz CT molecular complexity index is 266. The van der Waals surface area contributed by atoms with Crippen LogP contribution in [-0.2, 0) is 9.59 Å². The normalized spacial score (nSPS) is 29.4. The van der Waals surface area contributed by atoms with E-state index in [-0.39, 0.29) is 12.2 Å². The van der Waals surface area contributed by atoms with E-state index < -0.39 is 11.4 Å². The minimum Gasteiger partial charge on any atom is -0.480 e. The van der Waals surface area contributed by atoms with Gasteiger partial charge in [0.1, 0.15) is 5.78 Å². The van der Waals surface area contributed by atoms with Crippen molar-refractivity contribution < 1.29 is 14.7 Å². The molecule has 0 aliphatic heterocycles. The van der Waals surface area contributed by atoms with Crippen molar-refractivity contribution in [3.63, 3.8) is 0 Å². The maximum absolute atomic E-state index is 10.9. The summed E-state index contributed by atoms with van der Waals surface area (Å²) in [6, 6.07) is 1.73. The molecule has 64 valence electrons. The molecule has 0 heterocycles. The SMILES string of the molecule is N#CC1(C(=O)O)CCCC(=O)C1. The van der Waals surface area contributed by atoms with Crippen molar-refractivity contribution in [2.75, 3.05) is 0 Å². The number of Topliss-reactive ketones (excluding diaryl/α,β-unsaturated/α-hetero) is 1. The molecular weight excluding hydrogens is 158 g/mol. The van der Waals surface area contributed by atoms with Gasteiger partial charge in [-0.3, -0.25) is 9.59 Å². The molecule has 1 N–H and O–H groups in total. The first-order valence-corrected chi connectivity index (χ1v) is 3.77. The van der Waals surface area contributed by atoms with Gasteiger partial charge in [0.25, 0.3) is 0 Å². The highest BCUT2D eigenvalue weighted by molar-refractivity contribution is 5.89. The molecule has 1 rings (SSSR count). The van der Waals surface area contributed by atoms with Crippen molar-refractivity contribution in [1.82, 2.24) is 0 Å². The largest absolute Gasteiger partial charge is 0.480 e. The van der Waals surface area contributed by atoms with E-state index in [4.69, 9.17) is 10.4 Å². The summed E-state index contributed by atoms with van der Waals surface area (Å²) in [5.41, 5.74) is -1.44. The Labute approximate surface area is 69.8 Å². The molecule has 0 radical (unpaired) electrons. The molecule has 1 atom stereocenters. The van der Waals surface area contributed by atoms with Crippen LogP contribution in [0.4, 0.5) is 0 Å². The number of ketones is 1. The van der Waals surface area contributed by atoms with Gasteiger partial charge >= 0.3 is 5.97 Å². The van der Waals surface area contributed by atoms with Gasteiger partial charge in [-0.25, -0.2) is 0 Å². The van der Waals surface area contributed by atoms with Gasteiger partial charge < -0.3 is 5.11 Å². The highest BCUT2D eigenvalue weighted by Gasteiger charge is 2.42. The maximum Gasteiger partial charge on any atom is 0.324 e. The summed E-state index contributed by atoms with van der Waals surface area (Å²) >= 11 is 0.